The molecule has 2 aromatic rings. The molecule has 0 radical (unpaired) electrons. The second-order valence-electron chi connectivity index (χ2n) is 7.12. The van der Waals surface area contributed by atoms with Gasteiger partial charge in [0.2, 0.25) is 5.91 Å². The molecule has 1 aliphatic heterocycles. The maximum absolute atomic E-state index is 12.4. The number of nitrogens with one attached hydrogen (secondary N) is 1. The number of carbonyl (C=O) groups is 3. The van der Waals surface area contributed by atoms with E-state index in [0.29, 0.717) is 5.69 Å². The summed E-state index contributed by atoms with van der Waals surface area (Å²) in [5.41, 5.74) is 4.42. The number of benzene rings is 2. The molecule has 1 saturated heterocycles. The molecule has 0 saturated carbocycles. The van der Waals surface area contributed by atoms with Crippen molar-refractivity contribution in [2.45, 2.75) is 27.2 Å². The number of hydrogen-bond donors (Lipinski definition) is 1. The number of anilines is 2. The van der Waals surface area contributed by atoms with Crippen molar-refractivity contribution in [1.29, 1.82) is 0 Å². The molecule has 1 heterocycles. The fourth-order valence-corrected chi connectivity index (χ4v) is 3.47. The van der Waals surface area contributed by atoms with Gasteiger partial charge in [0.1, 0.15) is 0 Å². The van der Waals surface area contributed by atoms with E-state index in [2.05, 4.69) is 5.32 Å². The Morgan fingerprint density at radius 3 is 2.36 bits per heavy atom. The first-order chi connectivity index (χ1) is 13.4. The molecule has 1 N–H and O–H groups in total. The Hall–Kier alpha value is -3.15. The summed E-state index contributed by atoms with van der Waals surface area (Å²) < 4.78 is 5.16. The lowest BCUT2D eigenvalue weighted by molar-refractivity contribution is -0.151. The van der Waals surface area contributed by atoms with Crippen LogP contribution >= 0.6 is 0 Å². The number of para-hydroxylation sites is 2. The number of hydrogen-bond acceptors (Lipinski definition) is 4. The van der Waals surface area contributed by atoms with E-state index in [4.69, 9.17) is 4.74 Å². The number of esters is 1. The second kappa shape index (κ2) is 8.25. The molecule has 1 aliphatic rings. The molecule has 2 aromatic carbocycles. The van der Waals surface area contributed by atoms with Crippen molar-refractivity contribution in [3.05, 3.63) is 59.2 Å². The van der Waals surface area contributed by atoms with Crippen molar-refractivity contribution in [3.8, 4) is 0 Å². The Bertz CT molecular complexity index is 902. The molecule has 2 amide bonds. The van der Waals surface area contributed by atoms with Gasteiger partial charge in [-0.3, -0.25) is 14.4 Å². The Balaban J connectivity index is 1.58. The van der Waals surface area contributed by atoms with Gasteiger partial charge in [-0.05, 0) is 43.5 Å². The molecule has 1 atom stereocenters. The third-order valence-electron chi connectivity index (χ3n) is 4.93. The van der Waals surface area contributed by atoms with Gasteiger partial charge < -0.3 is 15.0 Å². The van der Waals surface area contributed by atoms with Gasteiger partial charge >= 0.3 is 5.97 Å². The molecule has 0 unspecified atom stereocenters. The van der Waals surface area contributed by atoms with E-state index in [1.807, 2.05) is 57.2 Å². The van der Waals surface area contributed by atoms with Crippen molar-refractivity contribution in [1.82, 2.24) is 0 Å². The van der Waals surface area contributed by atoms with Crippen LogP contribution in [-0.4, -0.2) is 30.9 Å². The summed E-state index contributed by atoms with van der Waals surface area (Å²) in [6.45, 7) is 5.66. The van der Waals surface area contributed by atoms with E-state index in [0.717, 1.165) is 22.4 Å². The molecule has 0 aromatic heterocycles. The molecule has 0 bridgehead atoms. The monoisotopic (exact) mass is 380 g/mol. The molecule has 146 valence electrons. The lowest BCUT2D eigenvalue weighted by atomic mass is 10.1. The van der Waals surface area contributed by atoms with Crippen LogP contribution < -0.4 is 10.2 Å². The van der Waals surface area contributed by atoms with Crippen molar-refractivity contribution in [2.75, 3.05) is 23.4 Å². The van der Waals surface area contributed by atoms with Crippen LogP contribution in [0, 0.1) is 26.7 Å². The summed E-state index contributed by atoms with van der Waals surface area (Å²) >= 11 is 0. The normalized spacial score (nSPS) is 16.2. The fraction of sp³-hybridized carbons (Fsp3) is 0.318. The van der Waals surface area contributed by atoms with Gasteiger partial charge in [-0.1, -0.05) is 36.4 Å². The number of rotatable bonds is 5. The molecule has 6 nitrogen and oxygen atoms in total. The zero-order valence-electron chi connectivity index (χ0n) is 16.3. The van der Waals surface area contributed by atoms with E-state index in [1.165, 1.54) is 0 Å². The minimum Gasteiger partial charge on any atom is -0.455 e. The third kappa shape index (κ3) is 4.22. The van der Waals surface area contributed by atoms with Crippen LogP contribution in [0.25, 0.3) is 0 Å². The van der Waals surface area contributed by atoms with Crippen molar-refractivity contribution >= 4 is 29.2 Å². The quantitative estimate of drug-likeness (QED) is 0.809. The van der Waals surface area contributed by atoms with E-state index in [1.54, 1.807) is 11.0 Å². The molecular weight excluding hydrogens is 356 g/mol. The van der Waals surface area contributed by atoms with Crippen molar-refractivity contribution in [2.24, 2.45) is 5.92 Å². The number of amides is 2. The van der Waals surface area contributed by atoms with E-state index >= 15 is 0 Å². The van der Waals surface area contributed by atoms with Gasteiger partial charge in [0, 0.05) is 24.3 Å². The predicted molar refractivity (Wildman–Crippen MR) is 107 cm³/mol. The number of carbonyl (C=O) groups excluding carboxylic acids is 3. The van der Waals surface area contributed by atoms with Crippen LogP contribution in [0.4, 0.5) is 11.4 Å². The number of ether oxygens (including phenoxy) is 1. The smallest absolute Gasteiger partial charge is 0.311 e. The molecule has 0 spiro atoms. The van der Waals surface area contributed by atoms with Crippen LogP contribution in [0.5, 0.6) is 0 Å². The summed E-state index contributed by atoms with van der Waals surface area (Å²) in [7, 11) is 0. The maximum atomic E-state index is 12.4. The molecule has 28 heavy (non-hydrogen) atoms. The zero-order chi connectivity index (χ0) is 20.3. The minimum absolute atomic E-state index is 0.0893. The molecule has 6 heteroatoms. The Morgan fingerprint density at radius 1 is 1.04 bits per heavy atom. The summed E-state index contributed by atoms with van der Waals surface area (Å²) in [6, 6.07) is 13.2. The van der Waals surface area contributed by atoms with E-state index in [9.17, 15) is 14.4 Å². The average Bonchev–Trinajstić information content (AvgIpc) is 3.03. The largest absolute Gasteiger partial charge is 0.455 e. The van der Waals surface area contributed by atoms with Gasteiger partial charge in [0.05, 0.1) is 5.92 Å². The average molecular weight is 380 g/mol. The van der Waals surface area contributed by atoms with Gasteiger partial charge in [-0.25, -0.2) is 0 Å². The third-order valence-corrected chi connectivity index (χ3v) is 4.93. The zero-order valence-corrected chi connectivity index (χ0v) is 16.3. The lowest BCUT2D eigenvalue weighted by Gasteiger charge is -2.21. The van der Waals surface area contributed by atoms with Crippen LogP contribution in [0.1, 0.15) is 23.1 Å². The Morgan fingerprint density at radius 2 is 1.68 bits per heavy atom. The molecule has 3 rings (SSSR count). The topological polar surface area (TPSA) is 75.7 Å². The Kier molecular flexibility index (Phi) is 5.78. The summed E-state index contributed by atoms with van der Waals surface area (Å²) in [5.74, 6) is -1.61. The highest BCUT2D eigenvalue weighted by molar-refractivity contribution is 6.01. The lowest BCUT2D eigenvalue weighted by Crippen LogP contribution is -2.29. The highest BCUT2D eigenvalue weighted by Crippen LogP contribution is 2.31. The van der Waals surface area contributed by atoms with Crippen LogP contribution in [-0.2, 0) is 19.1 Å². The highest BCUT2D eigenvalue weighted by Gasteiger charge is 2.37. The first kappa shape index (κ1) is 19.6. The first-order valence-electron chi connectivity index (χ1n) is 9.25. The van der Waals surface area contributed by atoms with Crippen LogP contribution in [0.3, 0.4) is 0 Å². The number of aryl methyl sites for hydroxylation is 3. The van der Waals surface area contributed by atoms with Gasteiger partial charge in [0.15, 0.2) is 6.61 Å². The molecule has 0 aliphatic carbocycles. The summed E-state index contributed by atoms with van der Waals surface area (Å²) in [5, 5.41) is 2.72. The van der Waals surface area contributed by atoms with Crippen LogP contribution in [0.2, 0.25) is 0 Å². The Labute approximate surface area is 164 Å². The highest BCUT2D eigenvalue weighted by atomic mass is 16.5. The van der Waals surface area contributed by atoms with Crippen molar-refractivity contribution < 1.29 is 19.1 Å². The standard InChI is InChI=1S/C22H24N2O4/c1-14-7-4-5-10-18(14)23-19(25)13-28-22(27)17-11-20(26)24(12-17)21-15(2)8-6-9-16(21)3/h4-10,17H,11-13H2,1-3H3,(H,23,25)/t17-/m1/s1. The van der Waals surface area contributed by atoms with Gasteiger partial charge in [-0.15, -0.1) is 0 Å². The van der Waals surface area contributed by atoms with E-state index < -0.39 is 17.8 Å². The van der Waals surface area contributed by atoms with Gasteiger partial charge in [0.25, 0.3) is 5.91 Å². The number of nitrogens with zero attached hydrogens (tertiary/aromatic N) is 1. The summed E-state index contributed by atoms with van der Waals surface area (Å²) in [6.07, 6.45) is 0.0893. The maximum Gasteiger partial charge on any atom is 0.311 e. The predicted octanol–water partition coefficient (Wildman–Crippen LogP) is 3.15. The molecule has 1 fully saturated rings. The minimum atomic E-state index is -0.572. The van der Waals surface area contributed by atoms with Gasteiger partial charge in [-0.2, -0.15) is 0 Å². The summed E-state index contributed by atoms with van der Waals surface area (Å²) in [4.78, 5) is 38.5. The second-order valence-corrected chi connectivity index (χ2v) is 7.12. The van der Waals surface area contributed by atoms with Crippen molar-refractivity contribution in [3.63, 3.8) is 0 Å². The SMILES string of the molecule is Cc1ccccc1NC(=O)COC(=O)[C@@H]1CC(=O)N(c2c(C)cccc2C)C1. The fourth-order valence-electron chi connectivity index (χ4n) is 3.47. The molecular formula is C22H24N2O4. The van der Waals surface area contributed by atoms with Crippen LogP contribution in [0.15, 0.2) is 42.5 Å². The first-order valence-corrected chi connectivity index (χ1v) is 9.25. The van der Waals surface area contributed by atoms with E-state index in [-0.39, 0.29) is 25.5 Å².